The molecule has 1 amide bonds. The van der Waals surface area contributed by atoms with E-state index in [0.29, 0.717) is 79.7 Å². The van der Waals surface area contributed by atoms with Crippen molar-refractivity contribution >= 4 is 94.5 Å². The third-order valence-electron chi connectivity index (χ3n) is 11.0. The Morgan fingerprint density at radius 1 is 0.781 bits per heavy atom. The van der Waals surface area contributed by atoms with Crippen molar-refractivity contribution in [1.82, 2.24) is 24.6 Å². The molecule has 2 aliphatic heterocycles. The zero-order chi connectivity index (χ0) is 44.4. The first kappa shape index (κ1) is 46.1. The number of nitrogens with two attached hydrogens (primary N) is 1. The van der Waals surface area contributed by atoms with Crippen LogP contribution in [0.5, 0.6) is 17.2 Å². The molecule has 0 aliphatic carbocycles. The SMILES string of the molecule is Nc1ncnc2c1c(-c1ccc(Oc3ccccc3)cc1)nn2C1CCN(CCOCCOCCOCCOCCN2C(=O)/C(=C/c3cc(Br)c(O)c(Br)c3)c3cc(I)ccc32)CC1. The number of phenols is 1. The smallest absolute Gasteiger partial charge is 0.259 e. The summed E-state index contributed by atoms with van der Waals surface area (Å²) in [5, 5.41) is 16.0. The predicted octanol–water partition coefficient (Wildman–Crippen LogP) is 8.99. The number of fused-ring (bicyclic) bond motifs is 2. The van der Waals surface area contributed by atoms with E-state index in [-0.39, 0.29) is 17.7 Å². The molecule has 0 spiro atoms. The summed E-state index contributed by atoms with van der Waals surface area (Å²) in [4.78, 5) is 26.6. The second-order valence-electron chi connectivity index (χ2n) is 15.2. The number of carbonyl (C=O) groups is 1. The second kappa shape index (κ2) is 22.1. The van der Waals surface area contributed by atoms with Crippen molar-refractivity contribution in [3.63, 3.8) is 0 Å². The molecule has 0 atom stereocenters. The van der Waals surface area contributed by atoms with Gasteiger partial charge in [0.25, 0.3) is 5.91 Å². The number of anilines is 2. The molecule has 2 aliphatic rings. The molecule has 0 saturated carbocycles. The molecule has 8 rings (SSSR count). The number of benzene rings is 4. The van der Waals surface area contributed by atoms with Gasteiger partial charge in [0.05, 0.1) is 78.9 Å². The molecule has 14 nitrogen and oxygen atoms in total. The Hall–Kier alpha value is -4.47. The summed E-state index contributed by atoms with van der Waals surface area (Å²) >= 11 is 9.01. The number of hydrogen-bond donors (Lipinski definition) is 2. The third kappa shape index (κ3) is 11.3. The molecule has 3 N–H and O–H groups in total. The van der Waals surface area contributed by atoms with Crippen LogP contribution in [0.4, 0.5) is 11.5 Å². The Morgan fingerprint density at radius 2 is 1.41 bits per heavy atom. The number of nitrogens with zero attached hydrogens (tertiary/aromatic N) is 6. The number of aromatic nitrogens is 4. The van der Waals surface area contributed by atoms with Crippen LogP contribution in [0.15, 0.2) is 100 Å². The first-order valence-corrected chi connectivity index (χ1v) is 23.8. The molecular weight excluding hydrogens is 1060 g/mol. The maximum absolute atomic E-state index is 13.6. The molecule has 334 valence electrons. The normalized spacial score (nSPS) is 15.1. The Labute approximate surface area is 402 Å². The maximum atomic E-state index is 13.6. The minimum absolute atomic E-state index is 0.0925. The van der Waals surface area contributed by atoms with E-state index in [4.69, 9.17) is 34.5 Å². The number of nitrogen functional groups attached to an aromatic ring is 1. The van der Waals surface area contributed by atoms with Crippen LogP contribution in [0.25, 0.3) is 33.9 Å². The molecule has 0 unspecified atom stereocenters. The van der Waals surface area contributed by atoms with Gasteiger partial charge >= 0.3 is 0 Å². The highest BCUT2D eigenvalue weighted by Gasteiger charge is 2.32. The van der Waals surface area contributed by atoms with Crippen LogP contribution in [0.3, 0.4) is 0 Å². The molecule has 2 aromatic heterocycles. The minimum Gasteiger partial charge on any atom is -0.506 e. The molecule has 0 radical (unpaired) electrons. The number of phenolic OH excluding ortho intramolecular Hbond substituents is 1. The van der Waals surface area contributed by atoms with Gasteiger partial charge in [0.15, 0.2) is 5.65 Å². The van der Waals surface area contributed by atoms with Gasteiger partial charge in [-0.15, -0.1) is 0 Å². The number of amides is 1. The summed E-state index contributed by atoms with van der Waals surface area (Å²) in [6.45, 7) is 6.86. The molecule has 1 fully saturated rings. The summed E-state index contributed by atoms with van der Waals surface area (Å²) in [5.41, 5.74) is 11.9. The number of carbonyl (C=O) groups excluding carboxylic acids is 1. The number of para-hydroxylation sites is 1. The molecule has 6 aromatic rings. The summed E-state index contributed by atoms with van der Waals surface area (Å²) in [6.07, 6.45) is 5.22. The van der Waals surface area contributed by atoms with Gasteiger partial charge in [-0.25, -0.2) is 14.6 Å². The number of rotatable bonds is 20. The van der Waals surface area contributed by atoms with Gasteiger partial charge in [-0.3, -0.25) is 4.79 Å². The molecule has 4 heterocycles. The van der Waals surface area contributed by atoms with Gasteiger partial charge < -0.3 is 44.3 Å². The number of likely N-dealkylation sites (tertiary alicyclic amines) is 1. The quantitative estimate of drug-likeness (QED) is 0.0425. The van der Waals surface area contributed by atoms with Crippen molar-refractivity contribution in [1.29, 1.82) is 0 Å². The molecule has 1 saturated heterocycles. The van der Waals surface area contributed by atoms with E-state index in [9.17, 15) is 9.90 Å². The van der Waals surface area contributed by atoms with E-state index >= 15 is 0 Å². The summed E-state index contributed by atoms with van der Waals surface area (Å²) in [7, 11) is 0. The van der Waals surface area contributed by atoms with E-state index < -0.39 is 0 Å². The maximum Gasteiger partial charge on any atom is 0.259 e. The summed E-state index contributed by atoms with van der Waals surface area (Å²) in [6, 6.07) is 27.3. The van der Waals surface area contributed by atoms with Crippen molar-refractivity contribution in [3.05, 3.63) is 115 Å². The predicted molar refractivity (Wildman–Crippen MR) is 263 cm³/mol. The van der Waals surface area contributed by atoms with E-state index in [1.807, 2.05) is 83.6 Å². The lowest BCUT2D eigenvalue weighted by Crippen LogP contribution is -2.37. The molecule has 64 heavy (non-hydrogen) atoms. The number of ether oxygens (including phenoxy) is 5. The van der Waals surface area contributed by atoms with Gasteiger partial charge in [0.2, 0.25) is 0 Å². The number of hydrogen-bond acceptors (Lipinski definition) is 12. The average molecular weight is 1110 g/mol. The lowest BCUT2D eigenvalue weighted by atomic mass is 10.0. The van der Waals surface area contributed by atoms with Crippen molar-refractivity contribution in [2.24, 2.45) is 0 Å². The minimum atomic E-state index is -0.0925. The van der Waals surface area contributed by atoms with Crippen LogP contribution in [0, 0.1) is 3.57 Å². The van der Waals surface area contributed by atoms with E-state index in [1.54, 1.807) is 17.0 Å². The monoisotopic (exact) mass is 1110 g/mol. The lowest BCUT2D eigenvalue weighted by Gasteiger charge is -2.32. The Balaban J connectivity index is 0.687. The fraction of sp³-hybridized carbons (Fsp3) is 0.319. The first-order chi connectivity index (χ1) is 31.2. The zero-order valence-corrected chi connectivity index (χ0v) is 40.3. The van der Waals surface area contributed by atoms with Gasteiger partial charge in [-0.05, 0) is 146 Å². The standard InChI is InChI=1S/C47H48Br2IN7O7/c48-39-27-31(28-40(49)44(39)58)26-38-37-29-33(50)8-11-41(37)56(47(38)59)17-19-61-21-23-63-25-24-62-22-20-60-18-16-55-14-12-34(13-15-55)57-46-42(45(51)52-30-53-46)43(54-57)32-6-9-36(10-7-32)64-35-4-2-1-3-5-35/h1-11,26-30,34,58H,12-25H2,(H2,51,52,53)/b38-26+. The second-order valence-corrected chi connectivity index (χ2v) is 18.2. The number of aromatic hydroxyl groups is 1. The molecule has 4 aromatic carbocycles. The van der Waals surface area contributed by atoms with Crippen LogP contribution >= 0.6 is 54.5 Å². The average Bonchev–Trinajstić information content (AvgIpc) is 3.81. The van der Waals surface area contributed by atoms with Crippen molar-refractivity contribution in [2.75, 3.05) is 89.7 Å². The zero-order valence-electron chi connectivity index (χ0n) is 35.0. The Morgan fingerprint density at radius 3 is 2.08 bits per heavy atom. The summed E-state index contributed by atoms with van der Waals surface area (Å²) in [5.74, 6) is 1.95. The van der Waals surface area contributed by atoms with Crippen molar-refractivity contribution in [2.45, 2.75) is 18.9 Å². The van der Waals surface area contributed by atoms with Gasteiger partial charge in [-0.2, -0.15) is 5.10 Å². The largest absolute Gasteiger partial charge is 0.506 e. The van der Waals surface area contributed by atoms with Crippen LogP contribution in [0.1, 0.15) is 30.0 Å². The molecule has 0 bridgehead atoms. The third-order valence-corrected chi connectivity index (χ3v) is 12.9. The van der Waals surface area contributed by atoms with Crippen molar-refractivity contribution in [3.8, 4) is 28.5 Å². The Kier molecular flexibility index (Phi) is 15.9. The fourth-order valence-electron chi connectivity index (χ4n) is 7.78. The van der Waals surface area contributed by atoms with Crippen LogP contribution in [-0.2, 0) is 23.7 Å². The van der Waals surface area contributed by atoms with E-state index in [1.165, 1.54) is 6.33 Å². The number of halogens is 3. The Bertz CT molecular complexity index is 2550. The van der Waals surface area contributed by atoms with Crippen LogP contribution in [0.2, 0.25) is 0 Å². The highest BCUT2D eigenvalue weighted by molar-refractivity contribution is 14.1. The topological polar surface area (TPSA) is 160 Å². The highest BCUT2D eigenvalue weighted by Crippen LogP contribution is 2.41. The van der Waals surface area contributed by atoms with Crippen molar-refractivity contribution < 1.29 is 33.6 Å². The van der Waals surface area contributed by atoms with Gasteiger partial charge in [0.1, 0.15) is 35.1 Å². The highest BCUT2D eigenvalue weighted by atomic mass is 127. The lowest BCUT2D eigenvalue weighted by molar-refractivity contribution is -0.113. The summed E-state index contributed by atoms with van der Waals surface area (Å²) < 4.78 is 33.3. The van der Waals surface area contributed by atoms with E-state index in [2.05, 4.69) is 69.3 Å². The van der Waals surface area contributed by atoms with Crippen LogP contribution in [-0.4, -0.2) is 115 Å². The fourth-order valence-corrected chi connectivity index (χ4v) is 9.50. The molecular formula is C47H48Br2IN7O7. The van der Waals surface area contributed by atoms with Crippen LogP contribution < -0.4 is 15.4 Å². The first-order valence-electron chi connectivity index (χ1n) is 21.1. The molecule has 17 heteroatoms. The van der Waals surface area contributed by atoms with Gasteiger partial charge in [-0.1, -0.05) is 18.2 Å². The van der Waals surface area contributed by atoms with Gasteiger partial charge in [0, 0.05) is 46.4 Å². The van der Waals surface area contributed by atoms with E-state index in [0.717, 1.165) is 86.7 Å². The number of piperidine rings is 1.